The van der Waals surface area contributed by atoms with Gasteiger partial charge in [0.05, 0.1) is 21.3 Å². The van der Waals surface area contributed by atoms with Crippen molar-refractivity contribution < 1.29 is 32.1 Å². The zero-order valence-electron chi connectivity index (χ0n) is 14.3. The summed E-state index contributed by atoms with van der Waals surface area (Å²) in [7, 11) is -1.34. The summed E-state index contributed by atoms with van der Waals surface area (Å²) in [5, 5.41) is 2.46. The molecule has 0 fully saturated rings. The van der Waals surface area contributed by atoms with E-state index in [0.29, 0.717) is 16.3 Å². The molecule has 0 saturated carbocycles. The van der Waals surface area contributed by atoms with E-state index in [9.17, 15) is 22.6 Å². The second-order valence-corrected chi connectivity index (χ2v) is 6.87. The lowest BCUT2D eigenvalue weighted by molar-refractivity contribution is -0.119. The van der Waals surface area contributed by atoms with Gasteiger partial charge in [0.1, 0.15) is 5.75 Å². The quantitative estimate of drug-likeness (QED) is 0.692. The van der Waals surface area contributed by atoms with Crippen molar-refractivity contribution >= 4 is 28.4 Å². The van der Waals surface area contributed by atoms with E-state index < -0.39 is 35.9 Å². The molecule has 0 spiro atoms. The van der Waals surface area contributed by atoms with Crippen molar-refractivity contribution in [2.24, 2.45) is 0 Å². The molecule has 9 heteroatoms. The molecule has 2 rings (SSSR count). The normalized spacial score (nSPS) is 11.7. The number of anilines is 1. The minimum atomic E-state index is -2.94. The second-order valence-electron chi connectivity index (χ2n) is 5.16. The smallest absolute Gasteiger partial charge is 0.387 e. The van der Waals surface area contributed by atoms with Gasteiger partial charge in [0.15, 0.2) is 6.61 Å². The maximum absolute atomic E-state index is 12.2. The number of hydrogen-bond acceptors (Lipinski definition) is 5. The van der Waals surface area contributed by atoms with Crippen LogP contribution in [0, 0.1) is 0 Å². The van der Waals surface area contributed by atoms with Crippen LogP contribution in [0.1, 0.15) is 17.3 Å². The molecule has 1 amide bonds. The van der Waals surface area contributed by atoms with E-state index >= 15 is 0 Å². The number of alkyl halides is 2. The van der Waals surface area contributed by atoms with Gasteiger partial charge in [-0.3, -0.25) is 9.00 Å². The topological polar surface area (TPSA) is 81.7 Å². The molecule has 1 atom stereocenters. The molecule has 0 aromatic heterocycles. The predicted molar refractivity (Wildman–Crippen MR) is 95.4 cm³/mol. The molecule has 0 aliphatic heterocycles. The van der Waals surface area contributed by atoms with Gasteiger partial charge in [0, 0.05) is 11.4 Å². The van der Waals surface area contributed by atoms with E-state index in [1.165, 1.54) is 30.3 Å². The first-order chi connectivity index (χ1) is 12.9. The summed E-state index contributed by atoms with van der Waals surface area (Å²) in [5.74, 6) is -1.08. The summed E-state index contributed by atoms with van der Waals surface area (Å²) in [6.07, 6.45) is 0. The zero-order valence-corrected chi connectivity index (χ0v) is 15.1. The standard InChI is InChI=1S/C18H17F2NO5S/c1-2-27(24)15-6-4-3-5-14(15)17(23)25-11-16(22)21-12-7-9-13(10-8-12)26-18(19)20/h3-10,18H,2,11H2,1H3,(H,21,22)/t27-/m1/s1. The minimum absolute atomic E-state index is 0.0463. The highest BCUT2D eigenvalue weighted by molar-refractivity contribution is 7.85. The number of carbonyl (C=O) groups is 2. The van der Waals surface area contributed by atoms with Gasteiger partial charge in [-0.15, -0.1) is 0 Å². The van der Waals surface area contributed by atoms with Gasteiger partial charge in [0.2, 0.25) is 0 Å². The van der Waals surface area contributed by atoms with Gasteiger partial charge in [-0.05, 0) is 36.4 Å². The molecule has 2 aromatic rings. The van der Waals surface area contributed by atoms with E-state index in [1.807, 2.05) is 0 Å². The Kier molecular flexibility index (Phi) is 7.42. The van der Waals surface area contributed by atoms with E-state index in [4.69, 9.17) is 4.74 Å². The van der Waals surface area contributed by atoms with Gasteiger partial charge < -0.3 is 14.8 Å². The Hall–Kier alpha value is -2.81. The molecule has 0 bridgehead atoms. The highest BCUT2D eigenvalue weighted by Crippen LogP contribution is 2.18. The molecular formula is C18H17F2NO5S. The van der Waals surface area contributed by atoms with Crippen LogP contribution < -0.4 is 10.1 Å². The third-order valence-corrected chi connectivity index (χ3v) is 4.68. The fourth-order valence-corrected chi connectivity index (χ4v) is 3.05. The number of rotatable bonds is 8. The first-order valence-electron chi connectivity index (χ1n) is 7.90. The Morgan fingerprint density at radius 2 is 1.78 bits per heavy atom. The molecule has 2 aromatic carbocycles. The van der Waals surface area contributed by atoms with Crippen molar-refractivity contribution in [1.82, 2.24) is 0 Å². The SMILES string of the molecule is CC[S@@](=O)c1ccccc1C(=O)OCC(=O)Nc1ccc(OC(F)F)cc1. The summed E-state index contributed by atoms with van der Waals surface area (Å²) < 4.78 is 45.3. The number of hydrogen-bond donors (Lipinski definition) is 1. The van der Waals surface area contributed by atoms with Crippen LogP contribution in [0.4, 0.5) is 14.5 Å². The number of ether oxygens (including phenoxy) is 2. The molecule has 0 unspecified atom stereocenters. The van der Waals surface area contributed by atoms with Crippen LogP contribution in [-0.2, 0) is 20.3 Å². The number of benzene rings is 2. The fourth-order valence-electron chi connectivity index (χ4n) is 2.11. The Morgan fingerprint density at radius 3 is 2.41 bits per heavy atom. The largest absolute Gasteiger partial charge is 0.452 e. The highest BCUT2D eigenvalue weighted by Gasteiger charge is 2.17. The molecule has 0 aliphatic rings. The maximum Gasteiger partial charge on any atom is 0.387 e. The highest BCUT2D eigenvalue weighted by atomic mass is 32.2. The third-order valence-electron chi connectivity index (χ3n) is 3.31. The average Bonchev–Trinajstić information content (AvgIpc) is 2.66. The number of amides is 1. The fraction of sp³-hybridized carbons (Fsp3) is 0.222. The Bertz CT molecular complexity index is 827. The van der Waals surface area contributed by atoms with Gasteiger partial charge in [0.25, 0.3) is 5.91 Å². The number of halogens is 2. The minimum Gasteiger partial charge on any atom is -0.452 e. The zero-order chi connectivity index (χ0) is 19.8. The lowest BCUT2D eigenvalue weighted by Crippen LogP contribution is -2.21. The predicted octanol–water partition coefficient (Wildman–Crippen LogP) is 3.21. The van der Waals surface area contributed by atoms with Crippen molar-refractivity contribution in [2.75, 3.05) is 17.7 Å². The lowest BCUT2D eigenvalue weighted by atomic mass is 10.2. The van der Waals surface area contributed by atoms with Crippen molar-refractivity contribution in [2.45, 2.75) is 18.4 Å². The van der Waals surface area contributed by atoms with Crippen molar-refractivity contribution in [3.05, 3.63) is 54.1 Å². The molecule has 0 heterocycles. The Morgan fingerprint density at radius 1 is 1.11 bits per heavy atom. The first-order valence-corrected chi connectivity index (χ1v) is 9.22. The molecule has 27 heavy (non-hydrogen) atoms. The Balaban J connectivity index is 1.92. The molecule has 144 valence electrons. The maximum atomic E-state index is 12.2. The summed E-state index contributed by atoms with van der Waals surface area (Å²) in [4.78, 5) is 24.4. The third kappa shape index (κ3) is 6.14. The van der Waals surface area contributed by atoms with Gasteiger partial charge >= 0.3 is 12.6 Å². The van der Waals surface area contributed by atoms with Crippen LogP contribution >= 0.6 is 0 Å². The molecule has 0 radical (unpaired) electrons. The number of esters is 1. The van der Waals surface area contributed by atoms with Gasteiger partial charge in [-0.2, -0.15) is 8.78 Å². The van der Waals surface area contributed by atoms with E-state index in [1.54, 1.807) is 25.1 Å². The first kappa shape index (κ1) is 20.5. The van der Waals surface area contributed by atoms with E-state index in [0.717, 1.165) is 0 Å². The lowest BCUT2D eigenvalue weighted by Gasteiger charge is -2.10. The molecular weight excluding hydrogens is 380 g/mol. The molecule has 0 aliphatic carbocycles. The van der Waals surface area contributed by atoms with Crippen molar-refractivity contribution in [1.29, 1.82) is 0 Å². The van der Waals surface area contributed by atoms with Crippen LogP contribution in [0.15, 0.2) is 53.4 Å². The number of nitrogens with one attached hydrogen (secondary N) is 1. The molecule has 0 saturated heterocycles. The summed E-state index contributed by atoms with van der Waals surface area (Å²) in [5.41, 5.74) is 0.462. The van der Waals surface area contributed by atoms with Crippen LogP contribution in [0.3, 0.4) is 0 Å². The Labute approximate surface area is 156 Å². The van der Waals surface area contributed by atoms with Gasteiger partial charge in [-0.1, -0.05) is 19.1 Å². The van der Waals surface area contributed by atoms with E-state index in [-0.39, 0.29) is 11.3 Å². The monoisotopic (exact) mass is 397 g/mol. The van der Waals surface area contributed by atoms with Crippen molar-refractivity contribution in [3.8, 4) is 5.75 Å². The average molecular weight is 397 g/mol. The number of carbonyl (C=O) groups excluding carboxylic acids is 2. The second kappa shape index (κ2) is 9.77. The van der Waals surface area contributed by atoms with Crippen LogP contribution in [0.5, 0.6) is 5.75 Å². The summed E-state index contributed by atoms with van der Waals surface area (Å²) >= 11 is 0. The van der Waals surface area contributed by atoms with E-state index in [2.05, 4.69) is 10.1 Å². The summed E-state index contributed by atoms with van der Waals surface area (Å²) in [6.45, 7) is -1.76. The summed E-state index contributed by atoms with van der Waals surface area (Å²) in [6, 6.07) is 11.6. The molecule has 6 nitrogen and oxygen atoms in total. The van der Waals surface area contributed by atoms with Crippen molar-refractivity contribution in [3.63, 3.8) is 0 Å². The van der Waals surface area contributed by atoms with Crippen LogP contribution in [0.2, 0.25) is 0 Å². The van der Waals surface area contributed by atoms with Crippen LogP contribution in [0.25, 0.3) is 0 Å². The molecule has 1 N–H and O–H groups in total. The van der Waals surface area contributed by atoms with Crippen LogP contribution in [-0.4, -0.2) is 35.1 Å². The van der Waals surface area contributed by atoms with Gasteiger partial charge in [-0.25, -0.2) is 4.79 Å².